The zero-order chi connectivity index (χ0) is 17.4. The Kier molecular flexibility index (Phi) is 4.64. The number of hydrogen-bond acceptors (Lipinski definition) is 3. The zero-order valence-electron chi connectivity index (χ0n) is 13.8. The minimum Gasteiger partial charge on any atom is -0.345 e. The van der Waals surface area contributed by atoms with Gasteiger partial charge < -0.3 is 9.88 Å². The molecule has 2 aromatic rings. The highest BCUT2D eigenvalue weighted by Crippen LogP contribution is 2.36. The molecule has 0 radical (unpaired) electrons. The van der Waals surface area contributed by atoms with Gasteiger partial charge in [-0.2, -0.15) is 0 Å². The van der Waals surface area contributed by atoms with Crippen molar-refractivity contribution in [3.8, 4) is 0 Å². The molecule has 1 N–H and O–H groups in total. The molecule has 2 heterocycles. The van der Waals surface area contributed by atoms with Crippen LogP contribution in [-0.2, 0) is 13.5 Å². The number of benzene rings is 1. The Bertz CT molecular complexity index is 788. The van der Waals surface area contributed by atoms with Gasteiger partial charge in [-0.3, -0.25) is 4.79 Å². The van der Waals surface area contributed by atoms with Gasteiger partial charge in [0, 0.05) is 42.5 Å². The van der Waals surface area contributed by atoms with Gasteiger partial charge in [-0.25, -0.2) is 13.1 Å². The molecule has 1 aromatic heterocycles. The topological polar surface area (TPSA) is 37.3 Å². The Balaban J connectivity index is 1.85. The fourth-order valence-corrected chi connectivity index (χ4v) is 3.95. The predicted molar refractivity (Wildman–Crippen MR) is 91.1 cm³/mol. The monoisotopic (exact) mass is 351 g/mol. The number of carbonyl (C=O) groups is 1. The smallest absolute Gasteiger partial charge is 0.272 e. The minimum absolute atomic E-state index is 0.237. The first-order valence-electron chi connectivity index (χ1n) is 7.76. The SMILES string of the molecule is CC(C)N1CCc2c(cn(C)c2C(=O)Nc2ccc(F)c(F)c2)S1. The van der Waals surface area contributed by atoms with Gasteiger partial charge in [0.15, 0.2) is 11.6 Å². The first kappa shape index (κ1) is 17.0. The third-order valence-corrected chi connectivity index (χ3v) is 5.40. The van der Waals surface area contributed by atoms with Crippen LogP contribution >= 0.6 is 11.9 Å². The fraction of sp³-hybridized carbons (Fsp3) is 0.353. The molecule has 24 heavy (non-hydrogen) atoms. The minimum atomic E-state index is -0.982. The average Bonchev–Trinajstić information content (AvgIpc) is 2.85. The Labute approximate surface area is 144 Å². The number of anilines is 1. The van der Waals surface area contributed by atoms with E-state index < -0.39 is 11.6 Å². The summed E-state index contributed by atoms with van der Waals surface area (Å²) in [5, 5.41) is 2.65. The van der Waals surface area contributed by atoms with Crippen LogP contribution in [0.25, 0.3) is 0 Å². The van der Waals surface area contributed by atoms with Crippen molar-refractivity contribution in [3.63, 3.8) is 0 Å². The summed E-state index contributed by atoms with van der Waals surface area (Å²) in [5.74, 6) is -2.23. The molecule has 4 nitrogen and oxygen atoms in total. The van der Waals surface area contributed by atoms with Crippen molar-refractivity contribution in [2.75, 3.05) is 11.9 Å². The number of aryl methyl sites for hydroxylation is 1. The third kappa shape index (κ3) is 3.18. The highest BCUT2D eigenvalue weighted by atomic mass is 32.2. The summed E-state index contributed by atoms with van der Waals surface area (Å²) in [7, 11) is 1.82. The van der Waals surface area contributed by atoms with Gasteiger partial charge in [-0.1, -0.05) is 0 Å². The van der Waals surface area contributed by atoms with Gasteiger partial charge in [-0.15, -0.1) is 0 Å². The van der Waals surface area contributed by atoms with Crippen LogP contribution in [0.3, 0.4) is 0 Å². The lowest BCUT2D eigenvalue weighted by Gasteiger charge is -2.29. The van der Waals surface area contributed by atoms with E-state index in [2.05, 4.69) is 23.5 Å². The lowest BCUT2D eigenvalue weighted by atomic mass is 10.1. The van der Waals surface area contributed by atoms with E-state index in [1.54, 1.807) is 16.5 Å². The predicted octanol–water partition coefficient (Wildman–Crippen LogP) is 3.83. The Morgan fingerprint density at radius 2 is 2.04 bits per heavy atom. The molecule has 1 amide bonds. The molecule has 0 saturated heterocycles. The van der Waals surface area contributed by atoms with Crippen molar-refractivity contribution in [1.29, 1.82) is 0 Å². The molecule has 0 atom stereocenters. The Morgan fingerprint density at radius 3 is 2.71 bits per heavy atom. The van der Waals surface area contributed by atoms with E-state index in [1.807, 2.05) is 13.2 Å². The maximum atomic E-state index is 13.3. The highest BCUT2D eigenvalue weighted by molar-refractivity contribution is 7.97. The molecule has 0 spiro atoms. The van der Waals surface area contributed by atoms with Gasteiger partial charge >= 0.3 is 0 Å². The molecule has 0 saturated carbocycles. The molecular formula is C17H19F2N3OS. The Morgan fingerprint density at radius 1 is 1.29 bits per heavy atom. The molecule has 0 aliphatic carbocycles. The lowest BCUT2D eigenvalue weighted by Crippen LogP contribution is -2.29. The number of nitrogens with zero attached hydrogens (tertiary/aromatic N) is 2. The van der Waals surface area contributed by atoms with E-state index in [0.717, 1.165) is 35.6 Å². The van der Waals surface area contributed by atoms with E-state index in [9.17, 15) is 13.6 Å². The Hall–Kier alpha value is -1.86. The number of halogens is 2. The largest absolute Gasteiger partial charge is 0.345 e. The number of carbonyl (C=O) groups excluding carboxylic acids is 1. The van der Waals surface area contributed by atoms with Crippen LogP contribution in [0.1, 0.15) is 29.9 Å². The van der Waals surface area contributed by atoms with E-state index >= 15 is 0 Å². The van der Waals surface area contributed by atoms with Crippen molar-refractivity contribution in [1.82, 2.24) is 8.87 Å². The van der Waals surface area contributed by atoms with Gasteiger partial charge in [0.25, 0.3) is 5.91 Å². The van der Waals surface area contributed by atoms with Gasteiger partial charge in [0.2, 0.25) is 0 Å². The third-order valence-electron chi connectivity index (χ3n) is 4.01. The van der Waals surface area contributed by atoms with Crippen LogP contribution in [-0.4, -0.2) is 27.4 Å². The molecule has 1 aliphatic heterocycles. The van der Waals surface area contributed by atoms with Gasteiger partial charge in [0.05, 0.1) is 0 Å². The molecule has 1 aromatic carbocycles. The number of aromatic nitrogens is 1. The molecule has 3 rings (SSSR count). The number of amides is 1. The van der Waals surface area contributed by atoms with Crippen molar-refractivity contribution in [3.05, 3.63) is 47.3 Å². The fourth-order valence-electron chi connectivity index (χ4n) is 2.79. The number of hydrogen-bond donors (Lipinski definition) is 1. The van der Waals surface area contributed by atoms with Gasteiger partial charge in [-0.05, 0) is 49.9 Å². The zero-order valence-corrected chi connectivity index (χ0v) is 14.6. The summed E-state index contributed by atoms with van der Waals surface area (Å²) in [6.07, 6.45) is 2.72. The highest BCUT2D eigenvalue weighted by Gasteiger charge is 2.27. The summed E-state index contributed by atoms with van der Waals surface area (Å²) in [4.78, 5) is 13.7. The molecular weight excluding hydrogens is 332 g/mol. The van der Waals surface area contributed by atoms with Crippen LogP contribution in [0.4, 0.5) is 14.5 Å². The summed E-state index contributed by atoms with van der Waals surface area (Å²) in [6.45, 7) is 5.14. The quantitative estimate of drug-likeness (QED) is 0.854. The standard InChI is InChI=1S/C17H19F2N3OS/c1-10(2)22-7-6-12-15(24-22)9-21(3)16(12)17(23)20-11-4-5-13(18)14(19)8-11/h4-5,8-10H,6-7H2,1-3H3,(H,20,23). The van der Waals surface area contributed by atoms with Crippen molar-refractivity contribution < 1.29 is 13.6 Å². The second-order valence-electron chi connectivity index (χ2n) is 6.09. The molecule has 128 valence electrons. The first-order valence-corrected chi connectivity index (χ1v) is 8.53. The molecule has 7 heteroatoms. The number of rotatable bonds is 3. The van der Waals surface area contributed by atoms with E-state index in [4.69, 9.17) is 0 Å². The number of fused-ring (bicyclic) bond motifs is 1. The van der Waals surface area contributed by atoms with Crippen LogP contribution in [0.2, 0.25) is 0 Å². The second kappa shape index (κ2) is 6.57. The molecule has 1 aliphatic rings. The van der Waals surface area contributed by atoms with Gasteiger partial charge in [0.1, 0.15) is 5.69 Å². The van der Waals surface area contributed by atoms with E-state index in [1.165, 1.54) is 6.07 Å². The average molecular weight is 351 g/mol. The van der Waals surface area contributed by atoms with Crippen LogP contribution in [0.5, 0.6) is 0 Å². The van der Waals surface area contributed by atoms with Crippen molar-refractivity contribution in [2.24, 2.45) is 7.05 Å². The van der Waals surface area contributed by atoms with Crippen LogP contribution in [0, 0.1) is 11.6 Å². The van der Waals surface area contributed by atoms with Crippen LogP contribution in [0.15, 0.2) is 29.3 Å². The molecule has 0 fully saturated rings. The maximum absolute atomic E-state index is 13.3. The maximum Gasteiger partial charge on any atom is 0.272 e. The second-order valence-corrected chi connectivity index (χ2v) is 7.18. The summed E-state index contributed by atoms with van der Waals surface area (Å²) in [6, 6.07) is 3.75. The first-order chi connectivity index (χ1) is 11.4. The van der Waals surface area contributed by atoms with Crippen molar-refractivity contribution in [2.45, 2.75) is 31.2 Å². The van der Waals surface area contributed by atoms with Crippen LogP contribution < -0.4 is 5.32 Å². The number of nitrogens with one attached hydrogen (secondary N) is 1. The summed E-state index contributed by atoms with van der Waals surface area (Å²) in [5.41, 5.74) is 1.80. The molecule has 0 unspecified atom stereocenters. The van der Waals surface area contributed by atoms with E-state index in [0.29, 0.717) is 11.7 Å². The summed E-state index contributed by atoms with van der Waals surface area (Å²) >= 11 is 1.65. The van der Waals surface area contributed by atoms with Crippen molar-refractivity contribution >= 4 is 23.5 Å². The van der Waals surface area contributed by atoms with E-state index in [-0.39, 0.29) is 11.6 Å². The molecule has 0 bridgehead atoms. The normalized spacial score (nSPS) is 14.8. The lowest BCUT2D eigenvalue weighted by molar-refractivity contribution is 0.101. The summed E-state index contributed by atoms with van der Waals surface area (Å²) < 4.78 is 30.4.